The van der Waals surface area contributed by atoms with E-state index in [1.165, 1.54) is 25.2 Å². The van der Waals surface area contributed by atoms with Crippen LogP contribution in [0, 0.1) is 0 Å². The number of benzene rings is 1. The maximum atomic E-state index is 10.5. The Kier molecular flexibility index (Phi) is 3.57. The average Bonchev–Trinajstić information content (AvgIpc) is 2.21. The molecule has 1 aromatic rings. The fourth-order valence-corrected chi connectivity index (χ4v) is 1.19. The van der Waals surface area contributed by atoms with Gasteiger partial charge in [-0.05, 0) is 17.7 Å². The van der Waals surface area contributed by atoms with Gasteiger partial charge in [0.15, 0.2) is 11.5 Å². The van der Waals surface area contributed by atoms with Crippen LogP contribution in [0.2, 0.25) is 0 Å². The summed E-state index contributed by atoms with van der Waals surface area (Å²) in [5.74, 6) is -0.642. The van der Waals surface area contributed by atoms with Gasteiger partial charge in [-0.2, -0.15) is 0 Å². The first-order chi connectivity index (χ1) is 7.41. The van der Waals surface area contributed by atoms with E-state index in [9.17, 15) is 15.0 Å². The first kappa shape index (κ1) is 12.1. The van der Waals surface area contributed by atoms with Gasteiger partial charge in [0.1, 0.15) is 0 Å². The van der Waals surface area contributed by atoms with E-state index in [0.29, 0.717) is 5.56 Å². The van der Waals surface area contributed by atoms with E-state index in [1.807, 2.05) is 0 Å². The number of carbonyl (C=O) groups is 1. The second-order valence-electron chi connectivity index (χ2n) is 3.43. The number of phenolic OH excluding ortho intramolecular Hbond substituents is 2. The van der Waals surface area contributed by atoms with Gasteiger partial charge in [-0.1, -0.05) is 6.07 Å². The van der Waals surface area contributed by atoms with Gasteiger partial charge in [0.25, 0.3) is 0 Å². The van der Waals surface area contributed by atoms with Crippen molar-refractivity contribution in [3.8, 4) is 11.5 Å². The van der Waals surface area contributed by atoms with E-state index >= 15 is 0 Å². The van der Waals surface area contributed by atoms with Crippen LogP contribution in [-0.4, -0.2) is 45.0 Å². The van der Waals surface area contributed by atoms with Crippen LogP contribution in [0.3, 0.4) is 0 Å². The number of phenols is 2. The molecule has 0 saturated heterocycles. The maximum Gasteiger partial charge on any atom is 0.407 e. The van der Waals surface area contributed by atoms with E-state index in [4.69, 9.17) is 10.2 Å². The quantitative estimate of drug-likeness (QED) is 0.570. The molecule has 1 amide bonds. The number of rotatable bonds is 3. The molecule has 16 heavy (non-hydrogen) atoms. The normalized spacial score (nSPS) is 12.1. The fourth-order valence-electron chi connectivity index (χ4n) is 1.19. The highest BCUT2D eigenvalue weighted by Gasteiger charge is 2.15. The third kappa shape index (κ3) is 2.77. The van der Waals surface area contributed by atoms with Crippen molar-refractivity contribution >= 4 is 6.09 Å². The second kappa shape index (κ2) is 4.71. The molecular formula is C10H13NO5. The van der Waals surface area contributed by atoms with Crippen molar-refractivity contribution in [2.24, 2.45) is 0 Å². The highest BCUT2D eigenvalue weighted by Crippen LogP contribution is 2.27. The first-order valence-electron chi connectivity index (χ1n) is 4.56. The number of amides is 1. The Balaban J connectivity index is 2.76. The maximum absolute atomic E-state index is 10.5. The summed E-state index contributed by atoms with van der Waals surface area (Å²) in [7, 11) is 1.33. The summed E-state index contributed by atoms with van der Waals surface area (Å²) in [4.78, 5) is 11.4. The lowest BCUT2D eigenvalue weighted by Crippen LogP contribution is -2.29. The smallest absolute Gasteiger partial charge is 0.407 e. The number of aliphatic hydroxyl groups is 1. The van der Waals surface area contributed by atoms with Crippen molar-refractivity contribution in [3.63, 3.8) is 0 Å². The molecule has 6 heteroatoms. The van der Waals surface area contributed by atoms with Crippen molar-refractivity contribution in [3.05, 3.63) is 23.8 Å². The lowest BCUT2D eigenvalue weighted by Gasteiger charge is -2.18. The Morgan fingerprint density at radius 1 is 1.38 bits per heavy atom. The summed E-state index contributed by atoms with van der Waals surface area (Å²) < 4.78 is 0. The number of carboxylic acid groups (broad SMARTS) is 1. The molecule has 1 atom stereocenters. The Bertz CT molecular complexity index is 393. The van der Waals surface area contributed by atoms with Crippen molar-refractivity contribution in [2.75, 3.05) is 13.6 Å². The Hall–Kier alpha value is -1.95. The third-order valence-corrected chi connectivity index (χ3v) is 2.16. The topological polar surface area (TPSA) is 101 Å². The zero-order valence-corrected chi connectivity index (χ0v) is 8.66. The van der Waals surface area contributed by atoms with Gasteiger partial charge in [0, 0.05) is 7.05 Å². The molecular weight excluding hydrogens is 214 g/mol. The summed E-state index contributed by atoms with van der Waals surface area (Å²) in [6, 6.07) is 3.83. The number of nitrogens with zero attached hydrogens (tertiary/aromatic N) is 1. The zero-order chi connectivity index (χ0) is 12.3. The third-order valence-electron chi connectivity index (χ3n) is 2.16. The van der Waals surface area contributed by atoms with Crippen LogP contribution < -0.4 is 0 Å². The second-order valence-corrected chi connectivity index (χ2v) is 3.43. The van der Waals surface area contributed by atoms with Crippen LogP contribution in [0.4, 0.5) is 4.79 Å². The molecule has 0 fully saturated rings. The van der Waals surface area contributed by atoms with Gasteiger partial charge in [0.05, 0.1) is 12.6 Å². The molecule has 0 aliphatic heterocycles. The molecule has 4 N–H and O–H groups in total. The standard InChI is InChI=1S/C10H13NO5/c1-11(10(15)16)5-9(14)6-2-3-7(12)8(13)4-6/h2-4,9,12-14H,5H2,1H3,(H,15,16)/t9-/m0/s1. The number of aromatic hydroxyl groups is 2. The lowest BCUT2D eigenvalue weighted by molar-refractivity contribution is 0.108. The minimum atomic E-state index is -1.15. The van der Waals surface area contributed by atoms with Crippen LogP contribution >= 0.6 is 0 Å². The van der Waals surface area contributed by atoms with Crippen LogP contribution in [0.25, 0.3) is 0 Å². The molecule has 0 spiro atoms. The Labute approximate surface area is 92.0 Å². The van der Waals surface area contributed by atoms with Gasteiger partial charge >= 0.3 is 6.09 Å². The van der Waals surface area contributed by atoms with E-state index in [0.717, 1.165) is 4.90 Å². The molecule has 0 saturated carbocycles. The molecule has 0 aliphatic rings. The molecule has 0 aromatic heterocycles. The molecule has 1 aromatic carbocycles. The van der Waals surface area contributed by atoms with Gasteiger partial charge < -0.3 is 25.3 Å². The summed E-state index contributed by atoms with van der Waals surface area (Å²) >= 11 is 0. The summed E-state index contributed by atoms with van der Waals surface area (Å²) in [5, 5.41) is 36.5. The molecule has 0 aliphatic carbocycles. The van der Waals surface area contributed by atoms with Crippen LogP contribution in [0.1, 0.15) is 11.7 Å². The molecule has 0 unspecified atom stereocenters. The van der Waals surface area contributed by atoms with Gasteiger partial charge in [0.2, 0.25) is 0 Å². The number of hydrogen-bond donors (Lipinski definition) is 4. The van der Waals surface area contributed by atoms with Gasteiger partial charge in [-0.3, -0.25) is 0 Å². The van der Waals surface area contributed by atoms with Crippen molar-refractivity contribution in [1.29, 1.82) is 0 Å². The highest BCUT2D eigenvalue weighted by molar-refractivity contribution is 5.64. The van der Waals surface area contributed by atoms with Crippen LogP contribution in [0.5, 0.6) is 11.5 Å². The highest BCUT2D eigenvalue weighted by atomic mass is 16.4. The molecule has 1 rings (SSSR count). The van der Waals surface area contributed by atoms with E-state index < -0.39 is 12.2 Å². The monoisotopic (exact) mass is 227 g/mol. The summed E-state index contributed by atoms with van der Waals surface area (Å²) in [6.07, 6.45) is -2.20. The molecule has 0 radical (unpaired) electrons. The largest absolute Gasteiger partial charge is 0.504 e. The van der Waals surface area contributed by atoms with Crippen molar-refractivity contribution < 1.29 is 25.2 Å². The zero-order valence-electron chi connectivity index (χ0n) is 8.66. The van der Waals surface area contributed by atoms with Gasteiger partial charge in [-0.15, -0.1) is 0 Å². The predicted molar refractivity (Wildman–Crippen MR) is 55.4 cm³/mol. The van der Waals surface area contributed by atoms with Gasteiger partial charge in [-0.25, -0.2) is 4.79 Å². The average molecular weight is 227 g/mol. The fraction of sp³-hybridized carbons (Fsp3) is 0.300. The minimum absolute atomic E-state index is 0.112. The lowest BCUT2D eigenvalue weighted by atomic mass is 10.1. The number of hydrogen-bond acceptors (Lipinski definition) is 4. The molecule has 6 nitrogen and oxygen atoms in total. The Morgan fingerprint density at radius 3 is 2.50 bits per heavy atom. The predicted octanol–water partition coefficient (Wildman–Crippen LogP) is 0.741. The minimum Gasteiger partial charge on any atom is -0.504 e. The van der Waals surface area contributed by atoms with E-state index in [-0.39, 0.29) is 18.0 Å². The Morgan fingerprint density at radius 2 is 2.00 bits per heavy atom. The van der Waals surface area contributed by atoms with Crippen LogP contribution in [-0.2, 0) is 0 Å². The molecule has 0 heterocycles. The first-order valence-corrected chi connectivity index (χ1v) is 4.56. The summed E-state index contributed by atoms with van der Waals surface area (Å²) in [6.45, 7) is -0.112. The SMILES string of the molecule is CN(C[C@H](O)c1ccc(O)c(O)c1)C(=O)O. The number of likely N-dealkylation sites (N-methyl/N-ethyl adjacent to an activating group) is 1. The van der Waals surface area contributed by atoms with Crippen molar-refractivity contribution in [1.82, 2.24) is 4.90 Å². The molecule has 88 valence electrons. The van der Waals surface area contributed by atoms with Crippen molar-refractivity contribution in [2.45, 2.75) is 6.10 Å². The summed E-state index contributed by atoms with van der Waals surface area (Å²) in [5.41, 5.74) is 0.336. The van der Waals surface area contributed by atoms with Crippen LogP contribution in [0.15, 0.2) is 18.2 Å². The number of aliphatic hydroxyl groups excluding tert-OH is 1. The van der Waals surface area contributed by atoms with E-state index in [1.54, 1.807) is 0 Å². The van der Waals surface area contributed by atoms with E-state index in [2.05, 4.69) is 0 Å². The molecule has 0 bridgehead atoms.